The van der Waals surface area contributed by atoms with Gasteiger partial charge in [0.05, 0.1) is 10.5 Å². The average molecular weight is 317 g/mol. The van der Waals surface area contributed by atoms with Crippen LogP contribution in [0.25, 0.3) is 0 Å². The highest BCUT2D eigenvalue weighted by atomic mass is 19.1. The molecule has 0 heterocycles. The lowest BCUT2D eigenvalue weighted by atomic mass is 10.1. The first kappa shape index (κ1) is 16.1. The van der Waals surface area contributed by atoms with Crippen molar-refractivity contribution < 1.29 is 18.9 Å². The fraction of sp³-hybridized carbons (Fsp3) is 0.0667. The molecule has 23 heavy (non-hydrogen) atoms. The Morgan fingerprint density at radius 1 is 1.22 bits per heavy atom. The molecule has 0 radical (unpaired) electrons. The van der Waals surface area contributed by atoms with E-state index in [1.807, 2.05) is 0 Å². The van der Waals surface area contributed by atoms with E-state index in [2.05, 4.69) is 5.32 Å². The molecule has 0 aliphatic rings. The summed E-state index contributed by atoms with van der Waals surface area (Å²) < 4.78 is 13.4. The molecule has 3 N–H and O–H groups in total. The number of nitrogens with one attached hydrogen (secondary N) is 1. The van der Waals surface area contributed by atoms with Gasteiger partial charge in [-0.2, -0.15) is 0 Å². The van der Waals surface area contributed by atoms with Crippen LogP contribution in [-0.2, 0) is 0 Å². The lowest BCUT2D eigenvalue weighted by Crippen LogP contribution is -2.16. The number of amides is 2. The number of nitrogens with two attached hydrogens (primary N) is 1. The van der Waals surface area contributed by atoms with Crippen LogP contribution < -0.4 is 11.1 Å². The molecule has 0 aliphatic heterocycles. The van der Waals surface area contributed by atoms with Crippen molar-refractivity contribution >= 4 is 23.2 Å². The Morgan fingerprint density at radius 3 is 2.52 bits per heavy atom. The van der Waals surface area contributed by atoms with Gasteiger partial charge in [0, 0.05) is 22.9 Å². The molecule has 118 valence electrons. The van der Waals surface area contributed by atoms with Crippen LogP contribution in [0.4, 0.5) is 15.8 Å². The van der Waals surface area contributed by atoms with Crippen molar-refractivity contribution in [1.82, 2.24) is 0 Å². The Morgan fingerprint density at radius 2 is 1.91 bits per heavy atom. The topological polar surface area (TPSA) is 115 Å². The molecule has 0 spiro atoms. The number of carbonyl (C=O) groups excluding carboxylic acids is 2. The van der Waals surface area contributed by atoms with Gasteiger partial charge in [-0.15, -0.1) is 0 Å². The second-order valence-electron chi connectivity index (χ2n) is 4.77. The SMILES string of the molecule is Cc1ccc(C(=O)Nc2ccc(F)c(C(N)=O)c2)cc1[N+](=O)[O-]. The summed E-state index contributed by atoms with van der Waals surface area (Å²) in [6.07, 6.45) is 0. The van der Waals surface area contributed by atoms with Crippen LogP contribution in [0.3, 0.4) is 0 Å². The van der Waals surface area contributed by atoms with Gasteiger partial charge >= 0.3 is 0 Å². The summed E-state index contributed by atoms with van der Waals surface area (Å²) in [6, 6.07) is 7.36. The molecule has 2 rings (SSSR count). The van der Waals surface area contributed by atoms with E-state index in [4.69, 9.17) is 5.73 Å². The van der Waals surface area contributed by atoms with Crippen LogP contribution in [0, 0.1) is 22.9 Å². The third-order valence-electron chi connectivity index (χ3n) is 3.16. The molecule has 0 aromatic heterocycles. The van der Waals surface area contributed by atoms with Crippen molar-refractivity contribution in [3.8, 4) is 0 Å². The van der Waals surface area contributed by atoms with Gasteiger partial charge in [-0.1, -0.05) is 6.07 Å². The molecule has 0 unspecified atom stereocenters. The second kappa shape index (κ2) is 6.22. The number of aryl methyl sites for hydroxylation is 1. The minimum Gasteiger partial charge on any atom is -0.366 e. The number of halogens is 1. The second-order valence-corrected chi connectivity index (χ2v) is 4.77. The number of hydrogen-bond donors (Lipinski definition) is 2. The largest absolute Gasteiger partial charge is 0.366 e. The van der Waals surface area contributed by atoms with E-state index in [0.717, 1.165) is 18.2 Å². The smallest absolute Gasteiger partial charge is 0.273 e. The third kappa shape index (κ3) is 3.49. The van der Waals surface area contributed by atoms with Crippen molar-refractivity contribution in [2.24, 2.45) is 5.73 Å². The number of anilines is 1. The predicted molar refractivity (Wildman–Crippen MR) is 80.7 cm³/mol. The molecule has 7 nitrogen and oxygen atoms in total. The number of nitro benzene ring substituents is 1. The highest BCUT2D eigenvalue weighted by Gasteiger charge is 2.16. The van der Waals surface area contributed by atoms with Gasteiger partial charge < -0.3 is 11.1 Å². The first-order valence-corrected chi connectivity index (χ1v) is 6.45. The highest BCUT2D eigenvalue weighted by Crippen LogP contribution is 2.21. The van der Waals surface area contributed by atoms with Gasteiger partial charge in [-0.05, 0) is 31.2 Å². The molecule has 2 amide bonds. The van der Waals surface area contributed by atoms with Gasteiger partial charge in [0.2, 0.25) is 0 Å². The summed E-state index contributed by atoms with van der Waals surface area (Å²) in [7, 11) is 0. The van der Waals surface area contributed by atoms with E-state index >= 15 is 0 Å². The summed E-state index contributed by atoms with van der Waals surface area (Å²) in [5, 5.41) is 13.3. The normalized spacial score (nSPS) is 10.2. The summed E-state index contributed by atoms with van der Waals surface area (Å²) in [5.74, 6) is -2.40. The summed E-state index contributed by atoms with van der Waals surface area (Å²) in [4.78, 5) is 33.5. The zero-order valence-electron chi connectivity index (χ0n) is 12.0. The monoisotopic (exact) mass is 317 g/mol. The van der Waals surface area contributed by atoms with Crippen LogP contribution >= 0.6 is 0 Å². The average Bonchev–Trinajstić information content (AvgIpc) is 2.49. The molecule has 0 fully saturated rings. The van der Waals surface area contributed by atoms with E-state index in [9.17, 15) is 24.1 Å². The number of carbonyl (C=O) groups is 2. The van der Waals surface area contributed by atoms with E-state index in [1.54, 1.807) is 6.92 Å². The fourth-order valence-corrected chi connectivity index (χ4v) is 1.94. The Balaban J connectivity index is 2.29. The number of benzene rings is 2. The number of rotatable bonds is 4. The van der Waals surface area contributed by atoms with Crippen LogP contribution in [0.5, 0.6) is 0 Å². The first-order valence-electron chi connectivity index (χ1n) is 6.45. The Labute approximate surface area is 130 Å². The van der Waals surface area contributed by atoms with Gasteiger partial charge in [0.1, 0.15) is 5.82 Å². The molecule has 0 saturated carbocycles. The molecule has 0 atom stereocenters. The maximum absolute atomic E-state index is 13.4. The van der Waals surface area contributed by atoms with Crippen LogP contribution in [-0.4, -0.2) is 16.7 Å². The van der Waals surface area contributed by atoms with Gasteiger partial charge in [0.25, 0.3) is 17.5 Å². The Hall–Kier alpha value is -3.29. The number of hydrogen-bond acceptors (Lipinski definition) is 4. The Kier molecular flexibility index (Phi) is 4.35. The standard InChI is InChI=1S/C15H12FN3O4/c1-8-2-3-9(6-13(8)19(22)23)15(21)18-10-4-5-12(16)11(7-10)14(17)20/h2-7H,1H3,(H2,17,20)(H,18,21). The van der Waals surface area contributed by atoms with Crippen molar-refractivity contribution in [1.29, 1.82) is 0 Å². The lowest BCUT2D eigenvalue weighted by Gasteiger charge is -2.07. The van der Waals surface area contributed by atoms with Gasteiger partial charge in [-0.3, -0.25) is 19.7 Å². The zero-order valence-corrected chi connectivity index (χ0v) is 12.0. The molecular formula is C15H12FN3O4. The van der Waals surface area contributed by atoms with Crippen molar-refractivity contribution in [3.63, 3.8) is 0 Å². The van der Waals surface area contributed by atoms with Crippen molar-refractivity contribution in [3.05, 3.63) is 69.0 Å². The number of nitro groups is 1. The minimum atomic E-state index is -0.968. The number of primary amides is 1. The molecule has 8 heteroatoms. The van der Waals surface area contributed by atoms with Crippen LogP contribution in [0.1, 0.15) is 26.3 Å². The van der Waals surface area contributed by atoms with Crippen molar-refractivity contribution in [2.75, 3.05) is 5.32 Å². The lowest BCUT2D eigenvalue weighted by molar-refractivity contribution is -0.385. The third-order valence-corrected chi connectivity index (χ3v) is 3.16. The van der Waals surface area contributed by atoms with Crippen LogP contribution in [0.15, 0.2) is 36.4 Å². The van der Waals surface area contributed by atoms with Gasteiger partial charge in [-0.25, -0.2) is 4.39 Å². The Bertz CT molecular complexity index is 820. The minimum absolute atomic E-state index is 0.0623. The zero-order chi connectivity index (χ0) is 17.1. The van der Waals surface area contributed by atoms with Gasteiger partial charge in [0.15, 0.2) is 0 Å². The quantitative estimate of drug-likeness (QED) is 0.665. The summed E-state index contributed by atoms with van der Waals surface area (Å²) in [6.45, 7) is 1.55. The summed E-state index contributed by atoms with van der Waals surface area (Å²) in [5.41, 5.74) is 5.11. The number of nitrogens with zero attached hydrogens (tertiary/aromatic N) is 1. The first-order chi connectivity index (χ1) is 10.8. The molecule has 2 aromatic rings. The molecular weight excluding hydrogens is 305 g/mol. The van der Waals surface area contributed by atoms with Crippen LogP contribution in [0.2, 0.25) is 0 Å². The van der Waals surface area contributed by atoms with E-state index < -0.39 is 22.6 Å². The van der Waals surface area contributed by atoms with E-state index in [1.165, 1.54) is 18.2 Å². The maximum atomic E-state index is 13.4. The highest BCUT2D eigenvalue weighted by molar-refractivity contribution is 6.05. The molecule has 0 saturated heterocycles. The summed E-state index contributed by atoms with van der Waals surface area (Å²) >= 11 is 0. The molecule has 2 aromatic carbocycles. The molecule has 0 bridgehead atoms. The maximum Gasteiger partial charge on any atom is 0.273 e. The fourth-order valence-electron chi connectivity index (χ4n) is 1.94. The predicted octanol–water partition coefficient (Wildman–Crippen LogP) is 2.39. The van der Waals surface area contributed by atoms with E-state index in [-0.39, 0.29) is 22.5 Å². The molecule has 0 aliphatic carbocycles. The van der Waals surface area contributed by atoms with E-state index in [0.29, 0.717) is 5.56 Å². The van der Waals surface area contributed by atoms with Crippen molar-refractivity contribution in [2.45, 2.75) is 6.92 Å².